The number of fused-ring (bicyclic) bond motifs is 2. The Morgan fingerprint density at radius 2 is 1.92 bits per heavy atom. The molecule has 1 amide bonds. The van der Waals surface area contributed by atoms with Crippen molar-refractivity contribution in [2.75, 3.05) is 18.6 Å². The number of esters is 1. The van der Waals surface area contributed by atoms with Gasteiger partial charge in [0.15, 0.2) is 0 Å². The van der Waals surface area contributed by atoms with Gasteiger partial charge < -0.3 is 14.4 Å². The lowest BCUT2D eigenvalue weighted by Crippen LogP contribution is -2.45. The van der Waals surface area contributed by atoms with Crippen LogP contribution in [0.25, 0.3) is 5.57 Å². The van der Waals surface area contributed by atoms with Gasteiger partial charge in [-0.2, -0.15) is 0 Å². The fourth-order valence-electron chi connectivity index (χ4n) is 3.76. The number of nitrogens with zero attached hydrogens (tertiary/aromatic N) is 1. The largest absolute Gasteiger partial charge is 0.497 e. The lowest BCUT2D eigenvalue weighted by atomic mass is 9.83. The average Bonchev–Trinajstić information content (AvgIpc) is 2.89. The molecule has 5 nitrogen and oxygen atoms in total. The van der Waals surface area contributed by atoms with Gasteiger partial charge in [-0.1, -0.05) is 30.3 Å². The van der Waals surface area contributed by atoms with Crippen LogP contribution in [0.4, 0.5) is 5.69 Å². The summed E-state index contributed by atoms with van der Waals surface area (Å²) in [5.74, 6) is -0.0888. The molecule has 0 aliphatic carbocycles. The molecule has 2 aromatic rings. The molecular weight excluding hydrogens is 330 g/mol. The molecule has 1 atom stereocenters. The molecule has 0 radical (unpaired) electrons. The van der Waals surface area contributed by atoms with Crippen molar-refractivity contribution in [3.05, 3.63) is 65.7 Å². The van der Waals surface area contributed by atoms with Crippen LogP contribution in [0.1, 0.15) is 24.5 Å². The molecule has 1 spiro atoms. The molecule has 4 rings (SSSR count). The van der Waals surface area contributed by atoms with Gasteiger partial charge in [0.1, 0.15) is 5.75 Å². The molecule has 5 heteroatoms. The molecule has 0 saturated heterocycles. The first-order chi connectivity index (χ1) is 12.6. The van der Waals surface area contributed by atoms with E-state index in [1.165, 1.54) is 6.08 Å². The molecule has 0 unspecified atom stereocenters. The van der Waals surface area contributed by atoms with E-state index in [0.717, 1.165) is 16.8 Å². The van der Waals surface area contributed by atoms with Crippen LogP contribution >= 0.6 is 0 Å². The van der Waals surface area contributed by atoms with Gasteiger partial charge in [-0.05, 0) is 36.3 Å². The van der Waals surface area contributed by atoms with Gasteiger partial charge in [0, 0.05) is 24.6 Å². The number of hydrogen-bond donors (Lipinski definition) is 0. The predicted octanol–water partition coefficient (Wildman–Crippen LogP) is 3.29. The predicted molar refractivity (Wildman–Crippen MR) is 97.8 cm³/mol. The van der Waals surface area contributed by atoms with Crippen LogP contribution < -0.4 is 9.64 Å². The highest BCUT2D eigenvalue weighted by Crippen LogP contribution is 2.50. The van der Waals surface area contributed by atoms with E-state index < -0.39 is 11.6 Å². The van der Waals surface area contributed by atoms with Crippen molar-refractivity contribution in [1.29, 1.82) is 0 Å². The lowest BCUT2D eigenvalue weighted by Gasteiger charge is -2.32. The van der Waals surface area contributed by atoms with Gasteiger partial charge in [0.05, 0.1) is 12.8 Å². The van der Waals surface area contributed by atoms with Gasteiger partial charge in [-0.15, -0.1) is 0 Å². The SMILES string of the molecule is CCN1C(=O)[C@]2(CC(c3ccccc3)=CC(=O)O2)c2cc(OC)ccc21. The van der Waals surface area contributed by atoms with E-state index in [1.54, 1.807) is 18.1 Å². The molecule has 2 heterocycles. The minimum Gasteiger partial charge on any atom is -0.497 e. The Hall–Kier alpha value is -3.08. The van der Waals surface area contributed by atoms with E-state index in [1.807, 2.05) is 49.4 Å². The van der Waals surface area contributed by atoms with Crippen LogP contribution in [0.2, 0.25) is 0 Å². The summed E-state index contributed by atoms with van der Waals surface area (Å²) in [6, 6.07) is 15.1. The standard InChI is InChI=1S/C21H19NO4/c1-3-22-18-10-9-16(25-2)12-17(18)21(20(22)24)13-15(11-19(23)26-21)14-7-5-4-6-8-14/h4-12H,3,13H2,1-2H3/t21-/m0/s1. The minimum atomic E-state index is -1.34. The Kier molecular flexibility index (Phi) is 3.80. The van der Waals surface area contributed by atoms with Gasteiger partial charge in [0.25, 0.3) is 5.91 Å². The average molecular weight is 349 g/mol. The monoisotopic (exact) mass is 349 g/mol. The Balaban J connectivity index is 1.87. The Morgan fingerprint density at radius 1 is 1.15 bits per heavy atom. The van der Waals surface area contributed by atoms with Gasteiger partial charge in [-0.3, -0.25) is 4.79 Å². The minimum absolute atomic E-state index is 0.210. The molecule has 26 heavy (non-hydrogen) atoms. The van der Waals surface area contributed by atoms with Gasteiger partial charge in [0.2, 0.25) is 5.60 Å². The molecule has 0 N–H and O–H groups in total. The number of carbonyl (C=O) groups excluding carboxylic acids is 2. The van der Waals surface area contributed by atoms with Crippen LogP contribution in [-0.2, 0) is 19.9 Å². The number of anilines is 1. The van der Waals surface area contributed by atoms with Gasteiger partial charge >= 0.3 is 5.97 Å². The van der Waals surface area contributed by atoms with Crippen molar-refractivity contribution in [2.24, 2.45) is 0 Å². The van der Waals surface area contributed by atoms with Crippen molar-refractivity contribution in [3.63, 3.8) is 0 Å². The lowest BCUT2D eigenvalue weighted by molar-refractivity contribution is -0.163. The molecule has 0 bridgehead atoms. The van der Waals surface area contributed by atoms with Crippen LogP contribution in [0.3, 0.4) is 0 Å². The number of amides is 1. The number of rotatable bonds is 3. The summed E-state index contributed by atoms with van der Waals surface area (Å²) in [4.78, 5) is 27.3. The number of methoxy groups -OCH3 is 1. The molecule has 2 aliphatic heterocycles. The second-order valence-corrected chi connectivity index (χ2v) is 6.39. The maximum Gasteiger partial charge on any atom is 0.332 e. The van der Waals surface area contributed by atoms with Crippen LogP contribution in [0.15, 0.2) is 54.6 Å². The third-order valence-electron chi connectivity index (χ3n) is 4.99. The van der Waals surface area contributed by atoms with Crippen LogP contribution in [0.5, 0.6) is 5.75 Å². The summed E-state index contributed by atoms with van der Waals surface area (Å²) in [5.41, 5.74) is 1.81. The third kappa shape index (κ3) is 2.31. The highest BCUT2D eigenvalue weighted by atomic mass is 16.6. The number of ether oxygens (including phenoxy) is 2. The fourth-order valence-corrected chi connectivity index (χ4v) is 3.76. The molecule has 0 saturated carbocycles. The summed E-state index contributed by atoms with van der Waals surface area (Å²) in [7, 11) is 1.57. The summed E-state index contributed by atoms with van der Waals surface area (Å²) in [6.45, 7) is 2.41. The van der Waals surface area contributed by atoms with Crippen molar-refractivity contribution < 1.29 is 19.1 Å². The highest BCUT2D eigenvalue weighted by Gasteiger charge is 2.55. The summed E-state index contributed by atoms with van der Waals surface area (Å²) >= 11 is 0. The first kappa shape index (κ1) is 16.4. The maximum absolute atomic E-state index is 13.3. The zero-order valence-electron chi connectivity index (χ0n) is 14.7. The first-order valence-corrected chi connectivity index (χ1v) is 8.58. The molecule has 0 aromatic heterocycles. The molecule has 2 aromatic carbocycles. The first-order valence-electron chi connectivity index (χ1n) is 8.58. The fraction of sp³-hybridized carbons (Fsp3) is 0.238. The maximum atomic E-state index is 13.3. The van der Waals surface area contributed by atoms with Crippen LogP contribution in [0, 0.1) is 0 Å². The molecular formula is C21H19NO4. The quantitative estimate of drug-likeness (QED) is 0.798. The van der Waals surface area contributed by atoms with E-state index in [4.69, 9.17) is 9.47 Å². The van der Waals surface area contributed by atoms with Crippen molar-refractivity contribution >= 4 is 23.1 Å². The van der Waals surface area contributed by atoms with E-state index in [-0.39, 0.29) is 5.91 Å². The highest BCUT2D eigenvalue weighted by molar-refractivity contribution is 6.11. The van der Waals surface area contributed by atoms with E-state index >= 15 is 0 Å². The zero-order chi connectivity index (χ0) is 18.3. The van der Waals surface area contributed by atoms with Crippen LogP contribution in [-0.4, -0.2) is 25.5 Å². The summed E-state index contributed by atoms with van der Waals surface area (Å²) in [6.07, 6.45) is 1.78. The van der Waals surface area contributed by atoms with E-state index in [9.17, 15) is 9.59 Å². The summed E-state index contributed by atoms with van der Waals surface area (Å²) < 4.78 is 11.0. The van der Waals surface area contributed by atoms with Crippen molar-refractivity contribution in [2.45, 2.75) is 18.9 Å². The van der Waals surface area contributed by atoms with E-state index in [2.05, 4.69) is 0 Å². The smallest absolute Gasteiger partial charge is 0.332 e. The number of hydrogen-bond acceptors (Lipinski definition) is 4. The summed E-state index contributed by atoms with van der Waals surface area (Å²) in [5, 5.41) is 0. The second kappa shape index (κ2) is 6.02. The number of benzene rings is 2. The third-order valence-corrected chi connectivity index (χ3v) is 4.99. The molecule has 132 valence electrons. The Morgan fingerprint density at radius 3 is 2.62 bits per heavy atom. The van der Waals surface area contributed by atoms with Crippen molar-refractivity contribution in [1.82, 2.24) is 0 Å². The van der Waals surface area contributed by atoms with Gasteiger partial charge in [-0.25, -0.2) is 4.79 Å². The zero-order valence-corrected chi connectivity index (χ0v) is 14.7. The molecule has 0 fully saturated rings. The number of carbonyl (C=O) groups is 2. The van der Waals surface area contributed by atoms with Crippen molar-refractivity contribution in [3.8, 4) is 5.75 Å². The normalized spacial score (nSPS) is 21.5. The Bertz CT molecular complexity index is 919. The topological polar surface area (TPSA) is 55.8 Å². The van der Waals surface area contributed by atoms with E-state index in [0.29, 0.717) is 24.3 Å². The second-order valence-electron chi connectivity index (χ2n) is 6.39. The number of likely N-dealkylation sites (N-methyl/N-ethyl adjacent to an activating group) is 1. The Labute approximate surface area is 151 Å². The molecule has 2 aliphatic rings.